The zero-order valence-corrected chi connectivity index (χ0v) is 15.3. The standard InChI is InChI=1S/C21H19N5O2/c1-28-18-7-3-4-15(11-18)8-9-23-20-14-24-19(13-25-20)21(27)26-17-6-2-5-16(10-17)12-22/h2-7,10-11,13-14H,8-9H2,1H3,(H,23,25)(H,26,27). The van der Waals surface area contributed by atoms with Crippen molar-refractivity contribution in [2.24, 2.45) is 0 Å². The zero-order valence-electron chi connectivity index (χ0n) is 15.3. The average Bonchev–Trinajstić information content (AvgIpc) is 2.74. The number of nitrogens with one attached hydrogen (secondary N) is 2. The van der Waals surface area contributed by atoms with Gasteiger partial charge in [-0.05, 0) is 42.3 Å². The van der Waals surface area contributed by atoms with E-state index in [2.05, 4.69) is 20.6 Å². The van der Waals surface area contributed by atoms with Gasteiger partial charge in [0.2, 0.25) is 0 Å². The van der Waals surface area contributed by atoms with Gasteiger partial charge in [-0.15, -0.1) is 0 Å². The average molecular weight is 373 g/mol. The van der Waals surface area contributed by atoms with Gasteiger partial charge in [0.1, 0.15) is 17.3 Å². The third kappa shape index (κ3) is 5.05. The minimum absolute atomic E-state index is 0.195. The monoisotopic (exact) mass is 373 g/mol. The number of hydrogen-bond acceptors (Lipinski definition) is 6. The molecule has 2 N–H and O–H groups in total. The van der Waals surface area contributed by atoms with Crippen molar-refractivity contribution in [1.29, 1.82) is 5.26 Å². The molecule has 7 nitrogen and oxygen atoms in total. The number of nitriles is 1. The predicted octanol–water partition coefficient (Wildman–Crippen LogP) is 3.26. The number of benzene rings is 2. The summed E-state index contributed by atoms with van der Waals surface area (Å²) in [7, 11) is 1.64. The lowest BCUT2D eigenvalue weighted by atomic mass is 10.1. The van der Waals surface area contributed by atoms with Crippen LogP contribution in [0.2, 0.25) is 0 Å². The van der Waals surface area contributed by atoms with Gasteiger partial charge in [0.05, 0.1) is 31.1 Å². The van der Waals surface area contributed by atoms with Crippen molar-refractivity contribution in [3.63, 3.8) is 0 Å². The molecule has 0 bridgehead atoms. The van der Waals surface area contributed by atoms with E-state index >= 15 is 0 Å². The van der Waals surface area contributed by atoms with Gasteiger partial charge in [-0.3, -0.25) is 4.79 Å². The molecule has 28 heavy (non-hydrogen) atoms. The van der Waals surface area contributed by atoms with Crippen molar-refractivity contribution in [1.82, 2.24) is 9.97 Å². The van der Waals surface area contributed by atoms with E-state index in [-0.39, 0.29) is 11.6 Å². The topological polar surface area (TPSA) is 99.9 Å². The number of carbonyl (C=O) groups is 1. The number of amides is 1. The maximum absolute atomic E-state index is 12.3. The minimum Gasteiger partial charge on any atom is -0.497 e. The molecule has 0 spiro atoms. The Balaban J connectivity index is 1.54. The summed E-state index contributed by atoms with van der Waals surface area (Å²) >= 11 is 0. The number of methoxy groups -OCH3 is 1. The summed E-state index contributed by atoms with van der Waals surface area (Å²) in [4.78, 5) is 20.6. The summed E-state index contributed by atoms with van der Waals surface area (Å²) in [6, 6.07) is 16.6. The highest BCUT2D eigenvalue weighted by Gasteiger charge is 2.09. The van der Waals surface area contributed by atoms with Gasteiger partial charge in [0.25, 0.3) is 5.91 Å². The molecule has 2 aromatic carbocycles. The fourth-order valence-electron chi connectivity index (χ4n) is 2.56. The van der Waals surface area contributed by atoms with E-state index in [0.717, 1.165) is 17.7 Å². The Bertz CT molecular complexity index is 996. The molecule has 0 fully saturated rings. The molecular weight excluding hydrogens is 354 g/mol. The van der Waals surface area contributed by atoms with Crippen LogP contribution in [0.15, 0.2) is 60.9 Å². The molecule has 0 aliphatic heterocycles. The lowest BCUT2D eigenvalue weighted by Crippen LogP contribution is -2.15. The molecule has 0 saturated carbocycles. The van der Waals surface area contributed by atoms with Gasteiger partial charge in [0, 0.05) is 12.2 Å². The summed E-state index contributed by atoms with van der Waals surface area (Å²) in [6.45, 7) is 0.675. The van der Waals surface area contributed by atoms with Crippen molar-refractivity contribution in [3.8, 4) is 11.8 Å². The Morgan fingerprint density at radius 2 is 2.00 bits per heavy atom. The summed E-state index contributed by atoms with van der Waals surface area (Å²) < 4.78 is 5.21. The molecule has 3 aromatic rings. The first-order chi connectivity index (χ1) is 13.7. The highest BCUT2D eigenvalue weighted by atomic mass is 16.5. The number of hydrogen-bond donors (Lipinski definition) is 2. The van der Waals surface area contributed by atoms with E-state index in [4.69, 9.17) is 10.00 Å². The predicted molar refractivity (Wildman–Crippen MR) is 106 cm³/mol. The van der Waals surface area contributed by atoms with Crippen LogP contribution < -0.4 is 15.4 Å². The number of ether oxygens (including phenoxy) is 1. The van der Waals surface area contributed by atoms with Gasteiger partial charge >= 0.3 is 0 Å². The minimum atomic E-state index is -0.384. The molecule has 0 aliphatic rings. The fourth-order valence-corrected chi connectivity index (χ4v) is 2.56. The van der Waals surface area contributed by atoms with Crippen LogP contribution >= 0.6 is 0 Å². The molecule has 0 atom stereocenters. The number of carbonyl (C=O) groups excluding carboxylic acids is 1. The van der Waals surface area contributed by atoms with Crippen molar-refractivity contribution >= 4 is 17.4 Å². The second-order valence-electron chi connectivity index (χ2n) is 5.96. The van der Waals surface area contributed by atoms with Crippen LogP contribution in [0, 0.1) is 11.3 Å². The van der Waals surface area contributed by atoms with E-state index in [1.807, 2.05) is 30.3 Å². The Labute approximate surface area is 163 Å². The Hall–Kier alpha value is -3.92. The third-order valence-corrected chi connectivity index (χ3v) is 3.99. The van der Waals surface area contributed by atoms with Crippen LogP contribution in [-0.4, -0.2) is 29.5 Å². The summed E-state index contributed by atoms with van der Waals surface area (Å²) in [5.74, 6) is 1.03. The number of aromatic nitrogens is 2. The largest absolute Gasteiger partial charge is 0.497 e. The van der Waals surface area contributed by atoms with Crippen LogP contribution in [0.4, 0.5) is 11.5 Å². The summed E-state index contributed by atoms with van der Waals surface area (Å²) in [5, 5.41) is 14.8. The molecule has 0 unspecified atom stereocenters. The molecule has 140 valence electrons. The van der Waals surface area contributed by atoms with Gasteiger partial charge in [-0.1, -0.05) is 18.2 Å². The highest BCUT2D eigenvalue weighted by Crippen LogP contribution is 2.14. The molecule has 0 saturated heterocycles. The maximum atomic E-state index is 12.3. The van der Waals surface area contributed by atoms with Gasteiger partial charge in [-0.25, -0.2) is 9.97 Å². The van der Waals surface area contributed by atoms with E-state index in [1.165, 1.54) is 12.4 Å². The zero-order chi connectivity index (χ0) is 19.8. The second kappa shape index (κ2) is 9.14. The van der Waals surface area contributed by atoms with Crippen molar-refractivity contribution in [2.45, 2.75) is 6.42 Å². The Morgan fingerprint density at radius 3 is 2.75 bits per heavy atom. The third-order valence-electron chi connectivity index (χ3n) is 3.99. The van der Waals surface area contributed by atoms with Crippen molar-refractivity contribution in [2.75, 3.05) is 24.3 Å². The van der Waals surface area contributed by atoms with Crippen LogP contribution in [0.25, 0.3) is 0 Å². The number of nitrogens with zero attached hydrogens (tertiary/aromatic N) is 3. The van der Waals surface area contributed by atoms with Crippen LogP contribution in [-0.2, 0) is 6.42 Å². The summed E-state index contributed by atoms with van der Waals surface area (Å²) in [6.07, 6.45) is 3.74. The number of rotatable bonds is 7. The molecule has 7 heteroatoms. The lowest BCUT2D eigenvalue weighted by molar-refractivity contribution is 0.102. The SMILES string of the molecule is COc1cccc(CCNc2cnc(C(=O)Nc3cccc(C#N)c3)cn2)c1. The summed E-state index contributed by atoms with van der Waals surface area (Å²) in [5.41, 5.74) is 2.35. The smallest absolute Gasteiger partial charge is 0.275 e. The first-order valence-corrected chi connectivity index (χ1v) is 8.68. The van der Waals surface area contributed by atoms with Gasteiger partial charge in [0.15, 0.2) is 0 Å². The first kappa shape index (κ1) is 18.9. The molecule has 1 heterocycles. The highest BCUT2D eigenvalue weighted by molar-refractivity contribution is 6.02. The fraction of sp³-hybridized carbons (Fsp3) is 0.143. The van der Waals surface area contributed by atoms with Crippen LogP contribution in [0.5, 0.6) is 5.75 Å². The first-order valence-electron chi connectivity index (χ1n) is 8.68. The maximum Gasteiger partial charge on any atom is 0.275 e. The van der Waals surface area contributed by atoms with E-state index < -0.39 is 0 Å². The normalized spacial score (nSPS) is 10.0. The van der Waals surface area contributed by atoms with Gasteiger partial charge in [-0.2, -0.15) is 5.26 Å². The van der Waals surface area contributed by atoms with Crippen LogP contribution in [0.1, 0.15) is 21.6 Å². The Morgan fingerprint density at radius 1 is 1.14 bits per heavy atom. The molecule has 1 aromatic heterocycles. The molecule has 0 radical (unpaired) electrons. The Kier molecular flexibility index (Phi) is 6.16. The van der Waals surface area contributed by atoms with Crippen molar-refractivity contribution < 1.29 is 9.53 Å². The quantitative estimate of drug-likeness (QED) is 0.659. The molecular formula is C21H19N5O2. The van der Waals surface area contributed by atoms with Crippen LogP contribution in [0.3, 0.4) is 0 Å². The van der Waals surface area contributed by atoms with Crippen molar-refractivity contribution in [3.05, 3.63) is 77.7 Å². The lowest BCUT2D eigenvalue weighted by Gasteiger charge is -2.08. The molecule has 3 rings (SSSR count). The van der Waals surface area contributed by atoms with E-state index in [9.17, 15) is 4.79 Å². The van der Waals surface area contributed by atoms with E-state index in [1.54, 1.807) is 31.4 Å². The second-order valence-corrected chi connectivity index (χ2v) is 5.96. The molecule has 1 amide bonds. The molecule has 0 aliphatic carbocycles. The number of anilines is 2. The van der Waals surface area contributed by atoms with E-state index in [0.29, 0.717) is 23.6 Å². The van der Waals surface area contributed by atoms with Gasteiger partial charge < -0.3 is 15.4 Å².